The van der Waals surface area contributed by atoms with Gasteiger partial charge in [0.2, 0.25) is 0 Å². The summed E-state index contributed by atoms with van der Waals surface area (Å²) in [6.07, 6.45) is 0. The highest BCUT2D eigenvalue weighted by molar-refractivity contribution is 5.94. The summed E-state index contributed by atoms with van der Waals surface area (Å²) in [6, 6.07) is 15.1. The van der Waals surface area contributed by atoms with Crippen LogP contribution in [0.1, 0.15) is 16.1 Å². The molecule has 1 heterocycles. The molecule has 0 aliphatic rings. The lowest BCUT2D eigenvalue weighted by molar-refractivity contribution is 0.0594. The number of hydrogen-bond donors (Lipinski definition) is 3. The van der Waals surface area contributed by atoms with Gasteiger partial charge in [0, 0.05) is 23.7 Å². The fraction of sp³-hybridized carbons (Fsp3) is 0.105. The summed E-state index contributed by atoms with van der Waals surface area (Å²) in [5, 5.41) is 5.79. The van der Waals surface area contributed by atoms with Gasteiger partial charge >= 0.3 is 12.0 Å². The fourth-order valence-corrected chi connectivity index (χ4v) is 2.50. The van der Waals surface area contributed by atoms with Crippen molar-refractivity contribution in [3.63, 3.8) is 0 Å². The molecule has 2 amide bonds. The Hall–Kier alpha value is -3.61. The third-order valence-electron chi connectivity index (χ3n) is 3.79. The largest absolute Gasteiger partial charge is 0.464 e. The van der Waals surface area contributed by atoms with Gasteiger partial charge in [-0.2, -0.15) is 0 Å². The zero-order chi connectivity index (χ0) is 18.5. The van der Waals surface area contributed by atoms with Crippen LogP contribution in [0, 0.1) is 0 Å². The maximum absolute atomic E-state index is 12.2. The maximum atomic E-state index is 12.2. The molecule has 26 heavy (non-hydrogen) atoms. The van der Waals surface area contributed by atoms with E-state index in [1.54, 1.807) is 18.2 Å². The number of fused-ring (bicyclic) bond motifs is 1. The smallest absolute Gasteiger partial charge is 0.354 e. The minimum atomic E-state index is -0.619. The summed E-state index contributed by atoms with van der Waals surface area (Å²) in [5.74, 6) is -0.619. The molecule has 0 radical (unpaired) electrons. The highest BCUT2D eigenvalue weighted by Gasteiger charge is 2.10. The predicted molar refractivity (Wildman–Crippen MR) is 98.2 cm³/mol. The van der Waals surface area contributed by atoms with Gasteiger partial charge in [0.05, 0.1) is 12.6 Å². The van der Waals surface area contributed by atoms with Crippen molar-refractivity contribution in [1.29, 1.82) is 0 Å². The van der Waals surface area contributed by atoms with Crippen molar-refractivity contribution < 1.29 is 14.3 Å². The van der Waals surface area contributed by atoms with Crippen molar-refractivity contribution in [2.75, 3.05) is 12.4 Å². The number of carbonyl (C=O) groups is 2. The highest BCUT2D eigenvalue weighted by atomic mass is 16.5. The number of hydrogen-bond acceptors (Lipinski definition) is 4. The van der Waals surface area contributed by atoms with Crippen LogP contribution in [-0.4, -0.2) is 24.1 Å². The second-order valence-electron chi connectivity index (χ2n) is 5.59. The van der Waals surface area contributed by atoms with E-state index in [4.69, 9.17) is 0 Å². The van der Waals surface area contributed by atoms with E-state index in [-0.39, 0.29) is 17.2 Å². The second kappa shape index (κ2) is 7.52. The number of ether oxygens (including phenoxy) is 1. The summed E-state index contributed by atoms with van der Waals surface area (Å²) in [7, 11) is 1.24. The van der Waals surface area contributed by atoms with Gasteiger partial charge in [0.25, 0.3) is 0 Å². The summed E-state index contributed by atoms with van der Waals surface area (Å²) in [6.45, 7) is 0.392. The van der Waals surface area contributed by atoms with E-state index < -0.39 is 5.97 Å². The van der Waals surface area contributed by atoms with Crippen molar-refractivity contribution in [3.8, 4) is 0 Å². The molecule has 0 aliphatic carbocycles. The number of H-pyrrole nitrogens is 1. The second-order valence-corrected chi connectivity index (χ2v) is 5.59. The molecule has 3 rings (SSSR count). The van der Waals surface area contributed by atoms with Crippen molar-refractivity contribution in [2.24, 2.45) is 0 Å². The van der Waals surface area contributed by atoms with Crippen molar-refractivity contribution in [3.05, 3.63) is 76.1 Å². The normalized spacial score (nSPS) is 10.3. The van der Waals surface area contributed by atoms with Gasteiger partial charge in [-0.15, -0.1) is 0 Å². The number of aromatic amines is 1. The van der Waals surface area contributed by atoms with Crippen LogP contribution in [0.3, 0.4) is 0 Å². The first-order valence-corrected chi connectivity index (χ1v) is 7.91. The molecule has 0 atom stereocenters. The van der Waals surface area contributed by atoms with E-state index in [1.807, 2.05) is 30.3 Å². The number of methoxy groups -OCH3 is 1. The van der Waals surface area contributed by atoms with Crippen LogP contribution in [-0.2, 0) is 11.3 Å². The van der Waals surface area contributed by atoms with E-state index >= 15 is 0 Å². The molecule has 0 fully saturated rings. The summed E-state index contributed by atoms with van der Waals surface area (Å²) in [4.78, 5) is 38.6. The van der Waals surface area contributed by atoms with Gasteiger partial charge in [-0.25, -0.2) is 9.59 Å². The number of nitrogens with one attached hydrogen (secondary N) is 3. The van der Waals surface area contributed by atoms with Gasteiger partial charge in [-0.3, -0.25) is 4.79 Å². The Morgan fingerprint density at radius 3 is 2.58 bits per heavy atom. The Balaban J connectivity index is 1.74. The van der Waals surface area contributed by atoms with E-state index in [1.165, 1.54) is 13.2 Å². The number of amides is 2. The molecule has 0 aliphatic heterocycles. The molecule has 7 heteroatoms. The van der Waals surface area contributed by atoms with E-state index in [0.29, 0.717) is 23.1 Å². The SMILES string of the molecule is COC(=O)c1cc(=O)c2cc(NC(=O)NCc3ccccc3)ccc2[nH]1. The van der Waals surface area contributed by atoms with Crippen LogP contribution in [0.5, 0.6) is 0 Å². The number of anilines is 1. The maximum Gasteiger partial charge on any atom is 0.354 e. The number of urea groups is 1. The summed E-state index contributed by atoms with van der Waals surface area (Å²) in [5.41, 5.74) is 1.67. The Morgan fingerprint density at radius 1 is 1.08 bits per heavy atom. The molecule has 0 unspecified atom stereocenters. The molecule has 7 nitrogen and oxygen atoms in total. The third-order valence-corrected chi connectivity index (χ3v) is 3.79. The van der Waals surface area contributed by atoms with E-state index in [0.717, 1.165) is 5.56 Å². The van der Waals surface area contributed by atoms with Gasteiger partial charge in [-0.1, -0.05) is 30.3 Å². The first-order valence-electron chi connectivity index (χ1n) is 7.91. The number of aromatic nitrogens is 1. The third kappa shape index (κ3) is 3.89. The number of benzene rings is 2. The highest BCUT2D eigenvalue weighted by Crippen LogP contribution is 2.15. The van der Waals surface area contributed by atoms with Crippen molar-refractivity contribution in [2.45, 2.75) is 6.54 Å². The van der Waals surface area contributed by atoms with Crippen LogP contribution in [0.15, 0.2) is 59.4 Å². The molecule has 0 bridgehead atoms. The minimum Gasteiger partial charge on any atom is -0.464 e. The molecule has 1 aromatic heterocycles. The Morgan fingerprint density at radius 2 is 1.85 bits per heavy atom. The predicted octanol–water partition coefficient (Wildman–Crippen LogP) is 2.64. The van der Waals surface area contributed by atoms with E-state index in [9.17, 15) is 14.4 Å². The van der Waals surface area contributed by atoms with E-state index in [2.05, 4.69) is 20.4 Å². The van der Waals surface area contributed by atoms with Crippen LogP contribution in [0.25, 0.3) is 10.9 Å². The molecular formula is C19H17N3O4. The number of pyridine rings is 1. The Bertz CT molecular complexity index is 1010. The minimum absolute atomic E-state index is 0.0753. The lowest BCUT2D eigenvalue weighted by Gasteiger charge is -2.09. The number of carbonyl (C=O) groups excluding carboxylic acids is 2. The molecule has 3 N–H and O–H groups in total. The topological polar surface area (TPSA) is 100 Å². The van der Waals surface area contributed by atoms with Gasteiger partial charge < -0.3 is 20.4 Å². The number of esters is 1. The molecule has 132 valence electrons. The zero-order valence-corrected chi connectivity index (χ0v) is 14.0. The van der Waals surface area contributed by atoms with Crippen LogP contribution in [0.4, 0.5) is 10.5 Å². The lowest BCUT2D eigenvalue weighted by Crippen LogP contribution is -2.28. The summed E-state index contributed by atoms with van der Waals surface area (Å²) < 4.78 is 4.61. The quantitative estimate of drug-likeness (QED) is 0.629. The van der Waals surface area contributed by atoms with Gasteiger partial charge in [0.1, 0.15) is 5.69 Å². The van der Waals surface area contributed by atoms with Crippen molar-refractivity contribution in [1.82, 2.24) is 10.3 Å². The molecule has 2 aromatic carbocycles. The average Bonchev–Trinajstić information content (AvgIpc) is 2.67. The zero-order valence-electron chi connectivity index (χ0n) is 14.0. The van der Waals surface area contributed by atoms with Crippen LogP contribution >= 0.6 is 0 Å². The average molecular weight is 351 g/mol. The standard InChI is InChI=1S/C19H17N3O4/c1-26-18(24)16-10-17(23)14-9-13(7-8-15(14)22-16)21-19(25)20-11-12-5-3-2-4-6-12/h2-10H,11H2,1H3,(H,22,23)(H2,20,21,25). The summed E-state index contributed by atoms with van der Waals surface area (Å²) >= 11 is 0. The van der Waals surface area contributed by atoms with Crippen LogP contribution < -0.4 is 16.1 Å². The molecule has 0 spiro atoms. The Labute approximate surface area is 149 Å². The van der Waals surface area contributed by atoms with Crippen molar-refractivity contribution >= 4 is 28.6 Å². The Kier molecular flexibility index (Phi) is 4.98. The van der Waals surface area contributed by atoms with Crippen LogP contribution in [0.2, 0.25) is 0 Å². The first-order chi connectivity index (χ1) is 12.6. The van der Waals surface area contributed by atoms with Gasteiger partial charge in [0.15, 0.2) is 5.43 Å². The lowest BCUT2D eigenvalue weighted by atomic mass is 10.1. The van der Waals surface area contributed by atoms with Gasteiger partial charge in [-0.05, 0) is 23.8 Å². The first kappa shape index (κ1) is 17.2. The molecule has 0 saturated carbocycles. The molecule has 0 saturated heterocycles. The molecule has 3 aromatic rings. The number of rotatable bonds is 4. The monoisotopic (exact) mass is 351 g/mol. The molecular weight excluding hydrogens is 334 g/mol. The fourth-order valence-electron chi connectivity index (χ4n) is 2.50.